The highest BCUT2D eigenvalue weighted by atomic mass is 16.5. The third-order valence-corrected chi connectivity index (χ3v) is 6.40. The number of aromatic nitrogens is 1. The smallest absolute Gasteiger partial charge is 0.247 e. The lowest BCUT2D eigenvalue weighted by molar-refractivity contribution is -0.128. The van der Waals surface area contributed by atoms with E-state index < -0.39 is 23.8 Å². The van der Waals surface area contributed by atoms with E-state index in [-0.39, 0.29) is 30.2 Å². The molecule has 0 bridgehead atoms. The van der Waals surface area contributed by atoms with Gasteiger partial charge < -0.3 is 20.5 Å². The van der Waals surface area contributed by atoms with E-state index >= 15 is 0 Å². The van der Waals surface area contributed by atoms with Gasteiger partial charge in [-0.25, -0.2) is 0 Å². The van der Waals surface area contributed by atoms with Crippen LogP contribution in [-0.4, -0.2) is 59.9 Å². The molecule has 3 atom stereocenters. The third kappa shape index (κ3) is 6.66. The van der Waals surface area contributed by atoms with Crippen molar-refractivity contribution in [2.45, 2.75) is 70.2 Å². The SMILES string of the molecule is COC(C)(C)CNC(=O)C(c1cccnc1)N(C(=O)[C@H]1C[C@@H](O)CN1)c1ccc(C(C)(C)C)cc1. The summed E-state index contributed by atoms with van der Waals surface area (Å²) >= 11 is 0. The monoisotopic (exact) mass is 482 g/mol. The first-order valence-corrected chi connectivity index (χ1v) is 12.0. The number of hydrogen-bond acceptors (Lipinski definition) is 6. The number of nitrogens with one attached hydrogen (secondary N) is 2. The molecule has 1 aliphatic heterocycles. The van der Waals surface area contributed by atoms with Gasteiger partial charge in [-0.1, -0.05) is 39.0 Å². The molecule has 1 unspecified atom stereocenters. The Morgan fingerprint density at radius 3 is 2.40 bits per heavy atom. The quantitative estimate of drug-likeness (QED) is 0.535. The molecule has 1 saturated heterocycles. The number of rotatable bonds is 8. The molecule has 1 aromatic heterocycles. The van der Waals surface area contributed by atoms with E-state index in [9.17, 15) is 14.7 Å². The molecular formula is C27H38N4O4. The van der Waals surface area contributed by atoms with Crippen molar-refractivity contribution in [3.05, 3.63) is 59.9 Å². The fourth-order valence-electron chi connectivity index (χ4n) is 4.02. The average Bonchev–Trinajstić information content (AvgIpc) is 3.27. The van der Waals surface area contributed by atoms with Crippen molar-refractivity contribution in [1.82, 2.24) is 15.6 Å². The fourth-order valence-corrected chi connectivity index (χ4v) is 4.02. The second-order valence-electron chi connectivity index (χ2n) is 10.7. The molecule has 190 valence electrons. The summed E-state index contributed by atoms with van der Waals surface area (Å²) in [6.07, 6.45) is 2.91. The molecule has 3 N–H and O–H groups in total. The van der Waals surface area contributed by atoms with Gasteiger partial charge in [0.2, 0.25) is 11.8 Å². The molecule has 3 rings (SSSR count). The number of amides is 2. The van der Waals surface area contributed by atoms with E-state index in [2.05, 4.69) is 36.4 Å². The molecule has 2 aromatic rings. The van der Waals surface area contributed by atoms with E-state index in [4.69, 9.17) is 4.74 Å². The van der Waals surface area contributed by atoms with Gasteiger partial charge in [0.1, 0.15) is 6.04 Å². The summed E-state index contributed by atoms with van der Waals surface area (Å²) in [5.74, 6) is -0.616. The van der Waals surface area contributed by atoms with Gasteiger partial charge in [0.25, 0.3) is 0 Å². The van der Waals surface area contributed by atoms with E-state index in [1.54, 1.807) is 31.6 Å². The predicted molar refractivity (Wildman–Crippen MR) is 136 cm³/mol. The van der Waals surface area contributed by atoms with Crippen molar-refractivity contribution >= 4 is 17.5 Å². The number of anilines is 1. The zero-order chi connectivity index (χ0) is 25.8. The molecule has 2 heterocycles. The van der Waals surface area contributed by atoms with Crippen LogP contribution >= 0.6 is 0 Å². The van der Waals surface area contributed by atoms with E-state index in [1.807, 2.05) is 38.1 Å². The number of methoxy groups -OCH3 is 1. The number of β-amino-alcohol motifs (C(OH)–C–C–N with tert-alkyl or cyclic N) is 1. The number of aliphatic hydroxyl groups excluding tert-OH is 1. The van der Waals surface area contributed by atoms with E-state index in [0.29, 0.717) is 17.8 Å². The topological polar surface area (TPSA) is 104 Å². The van der Waals surface area contributed by atoms with E-state index in [1.165, 1.54) is 4.90 Å². The van der Waals surface area contributed by atoms with Crippen LogP contribution in [0.3, 0.4) is 0 Å². The number of ether oxygens (including phenoxy) is 1. The summed E-state index contributed by atoms with van der Waals surface area (Å²) in [6, 6.07) is 9.70. The number of nitrogens with zero attached hydrogens (tertiary/aromatic N) is 2. The van der Waals surface area contributed by atoms with Gasteiger partial charge in [-0.15, -0.1) is 0 Å². The average molecular weight is 483 g/mol. The molecule has 0 spiro atoms. The molecule has 1 fully saturated rings. The number of carbonyl (C=O) groups is 2. The Hall–Kier alpha value is -2.81. The van der Waals surface area contributed by atoms with Crippen molar-refractivity contribution in [1.29, 1.82) is 0 Å². The van der Waals surface area contributed by atoms with Crippen LogP contribution in [0, 0.1) is 0 Å². The molecule has 8 nitrogen and oxygen atoms in total. The Labute approximate surface area is 208 Å². The lowest BCUT2D eigenvalue weighted by Crippen LogP contribution is -2.51. The summed E-state index contributed by atoms with van der Waals surface area (Å²) in [5, 5.41) is 16.1. The molecule has 35 heavy (non-hydrogen) atoms. The Morgan fingerprint density at radius 1 is 1.20 bits per heavy atom. The lowest BCUT2D eigenvalue weighted by Gasteiger charge is -2.34. The van der Waals surface area contributed by atoms with Crippen molar-refractivity contribution < 1.29 is 19.4 Å². The second-order valence-corrected chi connectivity index (χ2v) is 10.7. The Balaban J connectivity index is 2.06. The molecular weight excluding hydrogens is 444 g/mol. The van der Waals surface area contributed by atoms with Gasteiger partial charge in [-0.05, 0) is 49.4 Å². The highest BCUT2D eigenvalue weighted by molar-refractivity contribution is 6.03. The van der Waals surface area contributed by atoms with Crippen LogP contribution < -0.4 is 15.5 Å². The third-order valence-electron chi connectivity index (χ3n) is 6.40. The summed E-state index contributed by atoms with van der Waals surface area (Å²) < 4.78 is 5.46. The lowest BCUT2D eigenvalue weighted by atomic mass is 9.87. The maximum atomic E-state index is 13.9. The zero-order valence-corrected chi connectivity index (χ0v) is 21.5. The number of hydrogen-bond donors (Lipinski definition) is 3. The van der Waals surface area contributed by atoms with Gasteiger partial charge in [0.05, 0.1) is 17.7 Å². The Morgan fingerprint density at radius 2 is 1.89 bits per heavy atom. The zero-order valence-electron chi connectivity index (χ0n) is 21.5. The molecule has 1 aliphatic rings. The fraction of sp³-hybridized carbons (Fsp3) is 0.519. The van der Waals surface area contributed by atoms with Crippen molar-refractivity contribution in [3.8, 4) is 0 Å². The van der Waals surface area contributed by atoms with Gasteiger partial charge in [0.15, 0.2) is 0 Å². The standard InChI is InChI=1S/C27H38N4O4/c1-26(2,3)19-9-11-20(12-10-19)31(25(34)22-14-21(32)16-29-22)23(18-8-7-13-28-15-18)24(33)30-17-27(4,5)35-6/h7-13,15,21-23,29,32H,14,16-17H2,1-6H3,(H,30,33)/t21-,22-,23?/m1/s1. The van der Waals surface area contributed by atoms with Crippen LogP contribution in [0.2, 0.25) is 0 Å². The first-order chi connectivity index (χ1) is 16.4. The Bertz CT molecular complexity index is 1000. The van der Waals surface area contributed by atoms with Gasteiger partial charge >= 0.3 is 0 Å². The van der Waals surface area contributed by atoms with Crippen LogP contribution in [-0.2, 0) is 19.7 Å². The minimum atomic E-state index is -0.955. The number of aliphatic hydroxyl groups is 1. The van der Waals surface area contributed by atoms with Crippen LogP contribution in [0.1, 0.15) is 58.2 Å². The second kappa shape index (κ2) is 10.8. The number of pyridine rings is 1. The van der Waals surface area contributed by atoms with Crippen LogP contribution in [0.4, 0.5) is 5.69 Å². The van der Waals surface area contributed by atoms with Crippen molar-refractivity contribution in [2.24, 2.45) is 0 Å². The van der Waals surface area contributed by atoms with Crippen LogP contribution in [0.5, 0.6) is 0 Å². The largest absolute Gasteiger partial charge is 0.392 e. The highest BCUT2D eigenvalue weighted by Gasteiger charge is 2.39. The summed E-state index contributed by atoms with van der Waals surface area (Å²) in [5.41, 5.74) is 1.67. The number of benzene rings is 1. The molecule has 8 heteroatoms. The Kier molecular flexibility index (Phi) is 8.30. The molecule has 0 radical (unpaired) electrons. The normalized spacial score (nSPS) is 19.3. The van der Waals surface area contributed by atoms with Crippen molar-refractivity contribution in [3.63, 3.8) is 0 Å². The first-order valence-electron chi connectivity index (χ1n) is 12.0. The van der Waals surface area contributed by atoms with Crippen LogP contribution in [0.15, 0.2) is 48.8 Å². The molecule has 1 aromatic carbocycles. The summed E-state index contributed by atoms with van der Waals surface area (Å²) in [4.78, 5) is 33.3. The predicted octanol–water partition coefficient (Wildman–Crippen LogP) is 2.72. The molecule has 0 saturated carbocycles. The van der Waals surface area contributed by atoms with Crippen molar-refractivity contribution in [2.75, 3.05) is 25.1 Å². The van der Waals surface area contributed by atoms with Gasteiger partial charge in [-0.3, -0.25) is 19.5 Å². The summed E-state index contributed by atoms with van der Waals surface area (Å²) in [7, 11) is 1.59. The molecule has 2 amide bonds. The number of carbonyl (C=O) groups excluding carboxylic acids is 2. The molecule has 0 aliphatic carbocycles. The highest BCUT2D eigenvalue weighted by Crippen LogP contribution is 2.32. The van der Waals surface area contributed by atoms with Gasteiger partial charge in [-0.2, -0.15) is 0 Å². The van der Waals surface area contributed by atoms with Crippen LogP contribution in [0.25, 0.3) is 0 Å². The minimum absolute atomic E-state index is 0.0592. The maximum absolute atomic E-state index is 13.9. The first kappa shape index (κ1) is 26.8. The minimum Gasteiger partial charge on any atom is -0.392 e. The van der Waals surface area contributed by atoms with E-state index in [0.717, 1.165) is 5.56 Å². The summed E-state index contributed by atoms with van der Waals surface area (Å²) in [6.45, 7) is 10.7. The van der Waals surface area contributed by atoms with Gasteiger partial charge in [0, 0.05) is 43.8 Å². The maximum Gasteiger partial charge on any atom is 0.247 e.